The number of nitrogens with one attached hydrogen (secondary N) is 1. The van der Waals surface area contributed by atoms with Gasteiger partial charge in [-0.2, -0.15) is 0 Å². The Morgan fingerprint density at radius 3 is 2.24 bits per heavy atom. The van der Waals surface area contributed by atoms with E-state index in [4.69, 9.17) is 13.3 Å². The van der Waals surface area contributed by atoms with Crippen LogP contribution in [0.1, 0.15) is 110 Å². The van der Waals surface area contributed by atoms with E-state index < -0.39 is 22.7 Å². The van der Waals surface area contributed by atoms with Crippen molar-refractivity contribution in [3.63, 3.8) is 0 Å². The molecular formula is C32H55N3O5Si2. The number of anilines is 1. The Morgan fingerprint density at radius 2 is 1.71 bits per heavy atom. The minimum absolute atomic E-state index is 0.0609. The van der Waals surface area contributed by atoms with Crippen LogP contribution < -0.4 is 5.32 Å². The molecule has 0 spiro atoms. The number of carbonyl (C=O) groups excluding carboxylic acids is 1. The molecule has 1 fully saturated rings. The molecule has 1 aliphatic carbocycles. The summed E-state index contributed by atoms with van der Waals surface area (Å²) in [5.41, 5.74) is 2.35. The van der Waals surface area contributed by atoms with Gasteiger partial charge in [0.15, 0.2) is 14.1 Å². The Balaban J connectivity index is 1.89. The predicted molar refractivity (Wildman–Crippen MR) is 174 cm³/mol. The number of aliphatic hydroxyl groups is 1. The molecule has 1 saturated carbocycles. The van der Waals surface area contributed by atoms with Crippen LogP contribution in [-0.4, -0.2) is 56.2 Å². The molecule has 0 radical (unpaired) electrons. The van der Waals surface area contributed by atoms with Gasteiger partial charge in [0.05, 0.1) is 24.0 Å². The van der Waals surface area contributed by atoms with Crippen LogP contribution in [-0.2, 0) is 8.85 Å². The maximum absolute atomic E-state index is 13.4. The molecule has 8 nitrogen and oxygen atoms in total. The molecule has 4 atom stereocenters. The molecule has 42 heavy (non-hydrogen) atoms. The van der Waals surface area contributed by atoms with Gasteiger partial charge in [-0.05, 0) is 60.6 Å². The number of nitrogens with zero attached hydrogens (tertiary/aromatic N) is 2. The fourth-order valence-electron chi connectivity index (χ4n) is 6.35. The Kier molecular flexibility index (Phi) is 11.1. The zero-order valence-corrected chi connectivity index (χ0v) is 29.9. The molecule has 236 valence electrons. The van der Waals surface area contributed by atoms with Crippen molar-refractivity contribution < 1.29 is 23.2 Å². The molecular weight excluding hydrogens is 563 g/mol. The molecule has 0 aliphatic heterocycles. The van der Waals surface area contributed by atoms with Crippen molar-refractivity contribution in [3.8, 4) is 0 Å². The van der Waals surface area contributed by atoms with Crippen LogP contribution in [0.3, 0.4) is 0 Å². The topological polar surface area (TPSA) is 107 Å². The first-order valence-electron chi connectivity index (χ1n) is 15.6. The monoisotopic (exact) mass is 617 g/mol. The minimum atomic E-state index is -2.13. The molecule has 3 rings (SSSR count). The van der Waals surface area contributed by atoms with Gasteiger partial charge in [-0.25, -0.2) is 9.97 Å². The number of aromatic nitrogens is 2. The molecule has 0 saturated heterocycles. The molecule has 2 heterocycles. The maximum atomic E-state index is 13.4. The van der Waals surface area contributed by atoms with Crippen LogP contribution in [0.15, 0.2) is 29.3 Å². The van der Waals surface area contributed by atoms with Crippen LogP contribution in [0.2, 0.25) is 34.8 Å². The van der Waals surface area contributed by atoms with E-state index in [2.05, 4.69) is 90.7 Å². The smallest absolute Gasteiger partial charge is 0.233 e. The van der Waals surface area contributed by atoms with E-state index >= 15 is 0 Å². The third-order valence-electron chi connectivity index (χ3n) is 9.78. The number of ketones is 1. The zero-order valence-electron chi connectivity index (χ0n) is 27.9. The summed E-state index contributed by atoms with van der Waals surface area (Å²) in [5.74, 6) is 0.553. The fraction of sp³-hybridized carbons (Fsp3) is 0.719. The van der Waals surface area contributed by atoms with E-state index in [0.717, 1.165) is 12.8 Å². The fourth-order valence-corrected chi connectivity index (χ4v) is 13.0. The summed E-state index contributed by atoms with van der Waals surface area (Å²) in [6, 6.07) is 1.64. The summed E-state index contributed by atoms with van der Waals surface area (Å²) in [5, 5.41) is 13.6. The minimum Gasteiger partial charge on any atom is -0.460 e. The number of furan rings is 1. The van der Waals surface area contributed by atoms with Gasteiger partial charge in [-0.15, -0.1) is 0 Å². The molecule has 1 aliphatic rings. The van der Waals surface area contributed by atoms with Gasteiger partial charge < -0.3 is 23.7 Å². The predicted octanol–water partition coefficient (Wildman–Crippen LogP) is 8.13. The van der Waals surface area contributed by atoms with Crippen LogP contribution in [0.5, 0.6) is 0 Å². The second-order valence-corrected chi connectivity index (χ2v) is 24.9. The number of hydrogen-bond donors (Lipinski definition) is 2. The van der Waals surface area contributed by atoms with Crippen molar-refractivity contribution in [3.05, 3.63) is 41.7 Å². The van der Waals surface area contributed by atoms with Crippen molar-refractivity contribution in [1.82, 2.24) is 9.97 Å². The Morgan fingerprint density at radius 1 is 1.10 bits per heavy atom. The van der Waals surface area contributed by atoms with Gasteiger partial charge in [0.25, 0.3) is 0 Å². The van der Waals surface area contributed by atoms with Crippen molar-refractivity contribution >= 4 is 28.2 Å². The Hall–Kier alpha value is -1.86. The summed E-state index contributed by atoms with van der Waals surface area (Å²) < 4.78 is 19.7. The number of hydrogen-bond acceptors (Lipinski definition) is 8. The average Bonchev–Trinajstić information content (AvgIpc) is 3.52. The molecule has 2 N–H and O–H groups in total. The number of aliphatic hydroxyl groups excluding tert-OH is 1. The normalized spacial score (nSPS) is 21.0. The quantitative estimate of drug-likeness (QED) is 0.171. The van der Waals surface area contributed by atoms with E-state index in [0.29, 0.717) is 40.2 Å². The molecule has 0 bridgehead atoms. The highest BCUT2D eigenvalue weighted by Gasteiger charge is 2.50. The summed E-state index contributed by atoms with van der Waals surface area (Å²) >= 11 is 0. The maximum Gasteiger partial charge on any atom is 0.233 e. The first-order valence-corrected chi connectivity index (χ1v) is 20.6. The molecule has 1 unspecified atom stereocenters. The lowest BCUT2D eigenvalue weighted by molar-refractivity contribution is 0.0971. The third-order valence-corrected chi connectivity index (χ3v) is 20.4. The second-order valence-electron chi connectivity index (χ2n) is 14.7. The van der Waals surface area contributed by atoms with Crippen molar-refractivity contribution in [1.29, 1.82) is 0 Å². The summed E-state index contributed by atoms with van der Waals surface area (Å²) in [4.78, 5) is 22.0. The number of carbonyl (C=O) groups is 1. The Bertz CT molecular complexity index is 1170. The second kappa shape index (κ2) is 13.4. The Labute approximate surface area is 255 Å². The van der Waals surface area contributed by atoms with Gasteiger partial charge in [-0.1, -0.05) is 62.3 Å². The first-order chi connectivity index (χ1) is 19.4. The van der Waals surface area contributed by atoms with Crippen molar-refractivity contribution in [2.75, 3.05) is 11.9 Å². The van der Waals surface area contributed by atoms with Crippen molar-refractivity contribution in [2.45, 2.75) is 135 Å². The van der Waals surface area contributed by atoms with Crippen LogP contribution in [0.25, 0.3) is 0 Å². The largest absolute Gasteiger partial charge is 0.460 e. The molecule has 2 aromatic rings. The lowest BCUT2D eigenvalue weighted by atomic mass is 10.1. The van der Waals surface area contributed by atoms with Crippen molar-refractivity contribution in [2.24, 2.45) is 5.92 Å². The average molecular weight is 618 g/mol. The van der Waals surface area contributed by atoms with Gasteiger partial charge in [0.1, 0.15) is 12.1 Å². The lowest BCUT2D eigenvalue weighted by Crippen LogP contribution is -2.51. The van der Waals surface area contributed by atoms with E-state index in [1.54, 1.807) is 13.0 Å². The SMILES string of the molecule is CC(O)c1coc(C(=O)c2cncnc2N[C@@H]2C[C@H](CO[Si](C)(C)C(C)(C)C)[C@@H](O[Si](C(C)C)(C(C)C)C(C)C)C2)c1. The summed E-state index contributed by atoms with van der Waals surface area (Å²) in [6.45, 7) is 27.7. The van der Waals surface area contributed by atoms with Crippen LogP contribution >= 0.6 is 0 Å². The highest BCUT2D eigenvalue weighted by Crippen LogP contribution is 2.46. The zero-order chi connectivity index (χ0) is 31.6. The summed E-state index contributed by atoms with van der Waals surface area (Å²) in [7, 11) is -4.08. The van der Waals surface area contributed by atoms with E-state index in [1.807, 2.05) is 0 Å². The number of rotatable bonds is 13. The third kappa shape index (κ3) is 7.43. The molecule has 10 heteroatoms. The first kappa shape index (κ1) is 34.6. The highest BCUT2D eigenvalue weighted by atomic mass is 28.4. The highest BCUT2D eigenvalue weighted by molar-refractivity contribution is 6.77. The van der Waals surface area contributed by atoms with Gasteiger partial charge in [0.2, 0.25) is 14.1 Å². The van der Waals surface area contributed by atoms with Crippen LogP contribution in [0.4, 0.5) is 5.82 Å². The molecule has 2 aromatic heterocycles. The molecule has 0 amide bonds. The van der Waals surface area contributed by atoms with Gasteiger partial charge in [-0.3, -0.25) is 4.79 Å². The van der Waals surface area contributed by atoms with E-state index in [9.17, 15) is 9.90 Å². The lowest BCUT2D eigenvalue weighted by Gasteiger charge is -2.45. The van der Waals surface area contributed by atoms with Gasteiger partial charge >= 0.3 is 0 Å². The van der Waals surface area contributed by atoms with Gasteiger partial charge in [0, 0.05) is 30.3 Å². The van der Waals surface area contributed by atoms with Crippen LogP contribution in [0, 0.1) is 5.92 Å². The van der Waals surface area contributed by atoms with E-state index in [1.165, 1.54) is 18.8 Å². The summed E-state index contributed by atoms with van der Waals surface area (Å²) in [6.07, 6.45) is 5.41. The van der Waals surface area contributed by atoms with E-state index in [-0.39, 0.29) is 34.6 Å². The standard InChI is InChI=1S/C32H55N3O5Si2/c1-20(2)42(21(3)4,22(5)6)40-28-15-26(13-25(28)18-39-41(11,12)32(8,9)10)35-31-27(16-33-19-34-31)30(37)29-14-24(17-38-29)23(7)36/h14,16-17,19-23,25-26,28,36H,13,15,18H2,1-12H3,(H,33,34,35)/t23?,25-,26-,28+/m1/s1. The molecule has 0 aromatic carbocycles.